The summed E-state index contributed by atoms with van der Waals surface area (Å²) in [5.41, 5.74) is 0. The number of carbonyl (C=O) groups is 1. The molecule has 0 spiro atoms. The Morgan fingerprint density at radius 1 is 1.14 bits per heavy atom. The molecule has 0 aromatic rings. The molecular weight excluding hydrogens is 278 g/mol. The van der Waals surface area contributed by atoms with Gasteiger partial charge >= 0.3 is 0 Å². The van der Waals surface area contributed by atoms with Gasteiger partial charge in [0.05, 0.1) is 18.2 Å². The number of amides is 1. The fourth-order valence-corrected chi connectivity index (χ4v) is 2.98. The molecule has 2 aliphatic rings. The molecule has 0 bridgehead atoms. The third kappa shape index (κ3) is 3.92. The van der Waals surface area contributed by atoms with Crippen molar-refractivity contribution in [2.75, 3.05) is 0 Å². The molecule has 4 unspecified atom stereocenters. The first-order chi connectivity index (χ1) is 9.90. The van der Waals surface area contributed by atoms with E-state index in [0.29, 0.717) is 0 Å². The van der Waals surface area contributed by atoms with Crippen LogP contribution in [0.1, 0.15) is 39.5 Å². The van der Waals surface area contributed by atoms with Crippen LogP contribution in [-0.4, -0.2) is 64.1 Å². The predicted molar refractivity (Wildman–Crippen MR) is 73.3 cm³/mol. The van der Waals surface area contributed by atoms with E-state index in [0.717, 1.165) is 25.7 Å². The largest absolute Gasteiger partial charge is 0.388 e. The zero-order chi connectivity index (χ0) is 15.6. The second kappa shape index (κ2) is 7.02. The molecule has 0 radical (unpaired) electrons. The summed E-state index contributed by atoms with van der Waals surface area (Å²) in [6, 6.07) is -0.119. The summed E-state index contributed by atoms with van der Waals surface area (Å²) in [4.78, 5) is 11.2. The van der Waals surface area contributed by atoms with E-state index in [4.69, 9.17) is 9.47 Å². The maximum atomic E-state index is 11.2. The Morgan fingerprint density at radius 2 is 1.81 bits per heavy atom. The minimum atomic E-state index is -1.31. The smallest absolute Gasteiger partial charge is 0.217 e. The second-order valence-corrected chi connectivity index (χ2v) is 5.95. The van der Waals surface area contributed by atoms with E-state index in [1.165, 1.54) is 6.92 Å². The zero-order valence-corrected chi connectivity index (χ0v) is 12.4. The summed E-state index contributed by atoms with van der Waals surface area (Å²) in [5, 5.41) is 32.3. The summed E-state index contributed by atoms with van der Waals surface area (Å²) in [7, 11) is 0. The molecular formula is C14H25NO6. The molecule has 7 atom stereocenters. The van der Waals surface area contributed by atoms with E-state index in [1.807, 2.05) is 0 Å². The van der Waals surface area contributed by atoms with E-state index in [-0.39, 0.29) is 18.1 Å². The SMILES string of the molecule is CC(=O)N[C@@H]1CCCC[C@H]1OC1OC(C)[C@@H](O)C(O)C1O. The van der Waals surface area contributed by atoms with Crippen molar-refractivity contribution in [2.45, 2.75) is 82.4 Å². The van der Waals surface area contributed by atoms with Gasteiger partial charge in [0.1, 0.15) is 18.3 Å². The molecule has 0 aromatic heterocycles. The number of carbonyl (C=O) groups excluding carboxylic acids is 1. The molecule has 1 saturated heterocycles. The number of aliphatic hydroxyl groups is 3. The molecule has 7 heteroatoms. The standard InChI is InChI=1S/C14H25NO6/c1-7-11(17)12(18)13(19)14(20-7)21-10-6-4-3-5-9(10)15-8(2)16/h7,9-14,17-19H,3-6H2,1-2H3,(H,15,16)/t7?,9-,10-,11-,12?,13?,14?/m1/s1. The van der Waals surface area contributed by atoms with Crippen LogP contribution in [0.4, 0.5) is 0 Å². The average Bonchev–Trinajstić information content (AvgIpc) is 2.44. The normalized spacial score (nSPS) is 44.3. The molecule has 122 valence electrons. The molecule has 4 N–H and O–H groups in total. The maximum absolute atomic E-state index is 11.2. The quantitative estimate of drug-likeness (QED) is 0.548. The van der Waals surface area contributed by atoms with Crippen LogP contribution in [-0.2, 0) is 14.3 Å². The minimum Gasteiger partial charge on any atom is -0.388 e. The molecule has 1 aliphatic carbocycles. The molecule has 21 heavy (non-hydrogen) atoms. The molecule has 7 nitrogen and oxygen atoms in total. The number of hydrogen-bond acceptors (Lipinski definition) is 6. The fourth-order valence-electron chi connectivity index (χ4n) is 2.98. The highest BCUT2D eigenvalue weighted by atomic mass is 16.7. The number of nitrogens with one attached hydrogen (secondary N) is 1. The maximum Gasteiger partial charge on any atom is 0.217 e. The van der Waals surface area contributed by atoms with Crippen LogP contribution in [0.3, 0.4) is 0 Å². The van der Waals surface area contributed by atoms with Crippen LogP contribution < -0.4 is 5.32 Å². The van der Waals surface area contributed by atoms with Crippen LogP contribution in [0.15, 0.2) is 0 Å². The lowest BCUT2D eigenvalue weighted by atomic mass is 9.92. The van der Waals surface area contributed by atoms with Crippen molar-refractivity contribution in [2.24, 2.45) is 0 Å². The summed E-state index contributed by atoms with van der Waals surface area (Å²) in [6.45, 7) is 3.07. The van der Waals surface area contributed by atoms with Gasteiger partial charge in [0.2, 0.25) is 5.91 Å². The monoisotopic (exact) mass is 303 g/mol. The fraction of sp³-hybridized carbons (Fsp3) is 0.929. The van der Waals surface area contributed by atoms with Crippen molar-refractivity contribution in [3.8, 4) is 0 Å². The average molecular weight is 303 g/mol. The van der Waals surface area contributed by atoms with Crippen molar-refractivity contribution in [3.63, 3.8) is 0 Å². The lowest BCUT2D eigenvalue weighted by Gasteiger charge is -2.42. The first-order valence-corrected chi connectivity index (χ1v) is 7.52. The summed E-state index contributed by atoms with van der Waals surface area (Å²) in [6.07, 6.45) is -2.10. The first-order valence-electron chi connectivity index (χ1n) is 7.52. The van der Waals surface area contributed by atoms with Gasteiger partial charge in [0.25, 0.3) is 0 Å². The Bertz CT molecular complexity index is 365. The van der Waals surface area contributed by atoms with Crippen LogP contribution in [0.25, 0.3) is 0 Å². The lowest BCUT2D eigenvalue weighted by molar-refractivity contribution is -0.307. The summed E-state index contributed by atoms with van der Waals surface area (Å²) >= 11 is 0. The Hall–Kier alpha value is -0.730. The highest BCUT2D eigenvalue weighted by molar-refractivity contribution is 5.73. The molecule has 1 aliphatic heterocycles. The van der Waals surface area contributed by atoms with E-state index >= 15 is 0 Å². The first kappa shape index (κ1) is 16.6. The number of hydrogen-bond donors (Lipinski definition) is 4. The Kier molecular flexibility index (Phi) is 5.56. The highest BCUT2D eigenvalue weighted by Crippen LogP contribution is 2.27. The third-order valence-electron chi connectivity index (χ3n) is 4.21. The molecule has 2 rings (SSSR count). The van der Waals surface area contributed by atoms with Crippen molar-refractivity contribution in [1.29, 1.82) is 0 Å². The zero-order valence-electron chi connectivity index (χ0n) is 12.4. The van der Waals surface area contributed by atoms with Gasteiger partial charge < -0.3 is 30.1 Å². The van der Waals surface area contributed by atoms with Crippen LogP contribution in [0.2, 0.25) is 0 Å². The van der Waals surface area contributed by atoms with Crippen molar-refractivity contribution >= 4 is 5.91 Å². The van der Waals surface area contributed by atoms with Gasteiger partial charge in [-0.1, -0.05) is 12.8 Å². The Labute approximate surface area is 124 Å². The topological polar surface area (TPSA) is 108 Å². The second-order valence-electron chi connectivity index (χ2n) is 5.95. The van der Waals surface area contributed by atoms with Gasteiger partial charge in [0.15, 0.2) is 6.29 Å². The Balaban J connectivity index is 1.99. The molecule has 1 amide bonds. The molecule has 0 aromatic carbocycles. The summed E-state index contributed by atoms with van der Waals surface area (Å²) < 4.78 is 11.2. The van der Waals surface area contributed by atoms with Gasteiger partial charge in [-0.25, -0.2) is 0 Å². The van der Waals surface area contributed by atoms with Gasteiger partial charge in [-0.05, 0) is 19.8 Å². The van der Waals surface area contributed by atoms with Crippen LogP contribution in [0.5, 0.6) is 0 Å². The van der Waals surface area contributed by atoms with Crippen molar-refractivity contribution in [1.82, 2.24) is 5.32 Å². The number of rotatable bonds is 3. The molecule has 2 fully saturated rings. The molecule has 1 heterocycles. The predicted octanol–water partition coefficient (Wildman–Crippen LogP) is -0.722. The van der Waals surface area contributed by atoms with Gasteiger partial charge in [-0.2, -0.15) is 0 Å². The van der Waals surface area contributed by atoms with E-state index in [9.17, 15) is 20.1 Å². The van der Waals surface area contributed by atoms with Gasteiger partial charge in [-0.15, -0.1) is 0 Å². The summed E-state index contributed by atoms with van der Waals surface area (Å²) in [5.74, 6) is -0.121. The van der Waals surface area contributed by atoms with Gasteiger partial charge in [-0.3, -0.25) is 4.79 Å². The number of aliphatic hydroxyl groups excluding tert-OH is 3. The Morgan fingerprint density at radius 3 is 2.48 bits per heavy atom. The van der Waals surface area contributed by atoms with E-state index in [1.54, 1.807) is 6.92 Å². The number of ether oxygens (including phenoxy) is 2. The minimum absolute atomic E-state index is 0.119. The highest BCUT2D eigenvalue weighted by Gasteiger charge is 2.44. The van der Waals surface area contributed by atoms with Crippen LogP contribution in [0, 0.1) is 0 Å². The van der Waals surface area contributed by atoms with Crippen molar-refractivity contribution < 1.29 is 29.6 Å². The van der Waals surface area contributed by atoms with E-state index in [2.05, 4.69) is 5.32 Å². The van der Waals surface area contributed by atoms with E-state index < -0.39 is 30.7 Å². The van der Waals surface area contributed by atoms with Crippen LogP contribution >= 0.6 is 0 Å². The molecule has 1 saturated carbocycles. The van der Waals surface area contributed by atoms with Gasteiger partial charge in [0, 0.05) is 6.92 Å². The lowest BCUT2D eigenvalue weighted by Crippen LogP contribution is -2.59. The van der Waals surface area contributed by atoms with Crippen molar-refractivity contribution in [3.05, 3.63) is 0 Å². The third-order valence-corrected chi connectivity index (χ3v) is 4.21.